The molecule has 264 valence electrons. The molecule has 0 aliphatic heterocycles. The van der Waals surface area contributed by atoms with E-state index in [4.69, 9.17) is 91.9 Å². The summed E-state index contributed by atoms with van der Waals surface area (Å²) in [5.74, 6) is 0. The van der Waals surface area contributed by atoms with Crippen molar-refractivity contribution in [3.63, 3.8) is 0 Å². The third-order valence-corrected chi connectivity index (χ3v) is 4.98. The third-order valence-electron chi connectivity index (χ3n) is 4.98. The van der Waals surface area contributed by atoms with Gasteiger partial charge in [0.1, 0.15) is 85.5 Å². The minimum atomic E-state index is -1.79. The molecule has 0 aromatic rings. The molecule has 22 heteroatoms. The van der Waals surface area contributed by atoms with E-state index in [1.165, 1.54) is 0 Å². The molecule has 14 atom stereocenters. The molecule has 0 fully saturated rings. The standard InChI is InChI=1S/2C6H12O6.2C5H10O5/c2*7-1-3(9)5(11)6(12)4(10)2-8;2*6-1-3(8)5(10)4(9)2-7/h2*1,3-6,8-12H,2H2;2*1,3-5,7-10H,2H2/t3-,4+,5+,6+;3-,4-,5-,6-;3-,4+,5+;3-,4-,5+/m0101/s1. The van der Waals surface area contributed by atoms with Crippen molar-refractivity contribution in [2.24, 2.45) is 0 Å². The van der Waals surface area contributed by atoms with Gasteiger partial charge in [0.2, 0.25) is 0 Å². The number of hydrogen-bond acceptors (Lipinski definition) is 22. The zero-order valence-electron chi connectivity index (χ0n) is 22.9. The van der Waals surface area contributed by atoms with Crippen molar-refractivity contribution in [1.29, 1.82) is 0 Å². The third kappa shape index (κ3) is 20.8. The van der Waals surface area contributed by atoms with Gasteiger partial charge in [-0.05, 0) is 0 Å². The monoisotopic (exact) mass is 660 g/mol. The second-order valence-electron chi connectivity index (χ2n) is 8.45. The molecule has 0 aliphatic carbocycles. The molecule has 0 saturated heterocycles. The van der Waals surface area contributed by atoms with Crippen molar-refractivity contribution in [2.75, 3.05) is 26.4 Å². The highest BCUT2D eigenvalue weighted by Gasteiger charge is 2.30. The number of rotatable bonds is 18. The van der Waals surface area contributed by atoms with Crippen LogP contribution >= 0.6 is 0 Å². The highest BCUT2D eigenvalue weighted by atomic mass is 16.4. The average Bonchev–Trinajstić information content (AvgIpc) is 3.06. The van der Waals surface area contributed by atoms with Crippen molar-refractivity contribution in [1.82, 2.24) is 0 Å². The molecule has 0 heterocycles. The van der Waals surface area contributed by atoms with Gasteiger partial charge in [-0.15, -0.1) is 0 Å². The summed E-state index contributed by atoms with van der Waals surface area (Å²) in [6.45, 7) is -2.90. The maximum absolute atomic E-state index is 9.90. The van der Waals surface area contributed by atoms with Crippen LogP contribution in [-0.4, -0.2) is 229 Å². The first-order valence-corrected chi connectivity index (χ1v) is 12.1. The smallest absolute Gasteiger partial charge is 0.151 e. The number of aliphatic hydroxyl groups excluding tert-OH is 18. The molecule has 0 amide bonds. The van der Waals surface area contributed by atoms with Gasteiger partial charge in [-0.25, -0.2) is 0 Å². The van der Waals surface area contributed by atoms with Crippen LogP contribution in [0, 0.1) is 0 Å². The van der Waals surface area contributed by atoms with Crippen LogP contribution in [0.5, 0.6) is 0 Å². The summed E-state index contributed by atoms with van der Waals surface area (Å²) in [7, 11) is 0. The highest BCUT2D eigenvalue weighted by molar-refractivity contribution is 5.57. The minimum absolute atomic E-state index is 0.0258. The lowest BCUT2D eigenvalue weighted by molar-refractivity contribution is -0.136. The Morgan fingerprint density at radius 3 is 0.614 bits per heavy atom. The van der Waals surface area contributed by atoms with Gasteiger partial charge in [-0.3, -0.25) is 0 Å². The quantitative estimate of drug-likeness (QED) is 0.0606. The summed E-state index contributed by atoms with van der Waals surface area (Å²) in [5, 5.41) is 155. The van der Waals surface area contributed by atoms with E-state index < -0.39 is 112 Å². The summed E-state index contributed by atoms with van der Waals surface area (Å²) < 4.78 is 0. The molecule has 22 nitrogen and oxygen atoms in total. The van der Waals surface area contributed by atoms with Crippen LogP contribution in [0.25, 0.3) is 0 Å². The summed E-state index contributed by atoms with van der Waals surface area (Å²) in [4.78, 5) is 39.3. The van der Waals surface area contributed by atoms with E-state index in [1.54, 1.807) is 0 Å². The molecule has 0 radical (unpaired) electrons. The molecular formula is C22H44O22. The molecule has 0 spiro atoms. The molecule has 0 aromatic carbocycles. The van der Waals surface area contributed by atoms with E-state index in [-0.39, 0.29) is 25.1 Å². The van der Waals surface area contributed by atoms with Gasteiger partial charge >= 0.3 is 0 Å². The Balaban J connectivity index is -0.000000243. The van der Waals surface area contributed by atoms with Crippen LogP contribution < -0.4 is 0 Å². The van der Waals surface area contributed by atoms with Crippen LogP contribution in [0.1, 0.15) is 0 Å². The fourth-order valence-corrected chi connectivity index (χ4v) is 2.07. The molecule has 0 saturated carbocycles. The summed E-state index contributed by atoms with van der Waals surface area (Å²) in [5.41, 5.74) is 0. The molecule has 0 aliphatic rings. The maximum atomic E-state index is 9.90. The predicted octanol–water partition coefficient (Wildman–Crippen LogP) is -12.2. The van der Waals surface area contributed by atoms with Crippen molar-refractivity contribution in [2.45, 2.75) is 85.5 Å². The van der Waals surface area contributed by atoms with E-state index in [9.17, 15) is 19.2 Å². The lowest BCUT2D eigenvalue weighted by atomic mass is 10.0. The second-order valence-corrected chi connectivity index (χ2v) is 8.45. The van der Waals surface area contributed by atoms with Crippen LogP contribution in [0.3, 0.4) is 0 Å². The normalized spacial score (nSPS) is 20.4. The van der Waals surface area contributed by atoms with Gasteiger partial charge in [-0.2, -0.15) is 0 Å². The lowest BCUT2D eigenvalue weighted by Gasteiger charge is -2.22. The van der Waals surface area contributed by atoms with Gasteiger partial charge in [0.25, 0.3) is 0 Å². The van der Waals surface area contributed by atoms with Gasteiger partial charge in [0.15, 0.2) is 25.1 Å². The number of aldehydes is 4. The first-order chi connectivity index (χ1) is 20.3. The van der Waals surface area contributed by atoms with Gasteiger partial charge in [0, 0.05) is 0 Å². The topological polar surface area (TPSA) is 432 Å². The van der Waals surface area contributed by atoms with E-state index >= 15 is 0 Å². The molecule has 44 heavy (non-hydrogen) atoms. The molecule has 0 unspecified atom stereocenters. The van der Waals surface area contributed by atoms with E-state index in [1.807, 2.05) is 0 Å². The largest absolute Gasteiger partial charge is 0.394 e. The van der Waals surface area contributed by atoms with Crippen LogP contribution in [-0.2, 0) is 19.2 Å². The Morgan fingerprint density at radius 2 is 0.455 bits per heavy atom. The number of hydrogen-bond donors (Lipinski definition) is 18. The van der Waals surface area contributed by atoms with E-state index in [0.29, 0.717) is 0 Å². The molecule has 0 rings (SSSR count). The average molecular weight is 661 g/mol. The van der Waals surface area contributed by atoms with Gasteiger partial charge in [-0.1, -0.05) is 0 Å². The van der Waals surface area contributed by atoms with Crippen molar-refractivity contribution < 1.29 is 111 Å². The van der Waals surface area contributed by atoms with Crippen molar-refractivity contribution in [3.8, 4) is 0 Å². The Labute approximate surface area is 248 Å². The van der Waals surface area contributed by atoms with Crippen LogP contribution in [0.2, 0.25) is 0 Å². The Kier molecular flexibility index (Phi) is 31.6. The second kappa shape index (κ2) is 28.4. The summed E-state index contributed by atoms with van der Waals surface area (Å²) >= 11 is 0. The van der Waals surface area contributed by atoms with E-state index in [2.05, 4.69) is 0 Å². The maximum Gasteiger partial charge on any atom is 0.151 e. The zero-order chi connectivity index (χ0) is 35.7. The molecule has 0 aromatic heterocycles. The predicted molar refractivity (Wildman–Crippen MR) is 137 cm³/mol. The van der Waals surface area contributed by atoms with Gasteiger partial charge < -0.3 is 111 Å². The SMILES string of the molecule is O=C[C@@H](O)[C@@H](O)[C@H](O)[C@H](O)CO.O=C[C@@H](O)[C@H](O)[C@H](O)CO.O=C[C@H](O)[C@@H](O)[C@H](O)CO.O=C[C@H](O)[C@@H](O)[C@H](O)[C@H](O)CO. The highest BCUT2D eigenvalue weighted by Crippen LogP contribution is 2.04. The number of carbonyl (C=O) groups is 4. The molecule has 18 N–H and O–H groups in total. The fourth-order valence-electron chi connectivity index (χ4n) is 2.07. The number of aliphatic hydroxyl groups is 18. The van der Waals surface area contributed by atoms with Crippen molar-refractivity contribution in [3.05, 3.63) is 0 Å². The summed E-state index contributed by atoms with van der Waals surface area (Å²) in [6, 6.07) is 0. The molecular weight excluding hydrogens is 616 g/mol. The summed E-state index contributed by atoms with van der Waals surface area (Å²) in [6.07, 6.45) is -22.9. The number of carbonyl (C=O) groups excluding carboxylic acids is 4. The van der Waals surface area contributed by atoms with Crippen LogP contribution in [0.15, 0.2) is 0 Å². The zero-order valence-corrected chi connectivity index (χ0v) is 22.9. The lowest BCUT2D eigenvalue weighted by Crippen LogP contribution is -2.46. The minimum Gasteiger partial charge on any atom is -0.394 e. The fraction of sp³-hybridized carbons (Fsp3) is 0.818. The van der Waals surface area contributed by atoms with E-state index in [0.717, 1.165) is 0 Å². The Hall–Kier alpha value is -2.04. The molecule has 0 bridgehead atoms. The van der Waals surface area contributed by atoms with Crippen molar-refractivity contribution >= 4 is 25.1 Å². The first kappa shape index (κ1) is 48.9. The van der Waals surface area contributed by atoms with Crippen LogP contribution in [0.4, 0.5) is 0 Å². The Bertz CT molecular complexity index is 658. The Morgan fingerprint density at radius 1 is 0.295 bits per heavy atom. The van der Waals surface area contributed by atoms with Gasteiger partial charge in [0.05, 0.1) is 26.4 Å². The first-order valence-electron chi connectivity index (χ1n) is 12.1.